The monoisotopic (exact) mass is 309 g/mol. The van der Waals surface area contributed by atoms with E-state index in [2.05, 4.69) is 18.3 Å². The molecule has 1 N–H and O–H groups in total. The molecule has 1 aromatic carbocycles. The molecule has 0 spiro atoms. The van der Waals surface area contributed by atoms with Gasteiger partial charge >= 0.3 is 0 Å². The van der Waals surface area contributed by atoms with Crippen LogP contribution in [0.15, 0.2) is 34.9 Å². The zero-order valence-electron chi connectivity index (χ0n) is 11.3. The first kappa shape index (κ1) is 14.0. The van der Waals surface area contributed by atoms with Crippen LogP contribution < -0.4 is 5.32 Å². The summed E-state index contributed by atoms with van der Waals surface area (Å²) in [6.07, 6.45) is 5.08. The van der Waals surface area contributed by atoms with Gasteiger partial charge in [-0.25, -0.2) is 0 Å². The highest BCUT2D eigenvalue weighted by Crippen LogP contribution is 2.35. The molecule has 20 heavy (non-hydrogen) atoms. The van der Waals surface area contributed by atoms with Gasteiger partial charge in [0.15, 0.2) is 0 Å². The van der Waals surface area contributed by atoms with Crippen molar-refractivity contribution >= 4 is 23.2 Å². The van der Waals surface area contributed by atoms with Gasteiger partial charge in [-0.2, -0.15) is 0 Å². The Morgan fingerprint density at radius 3 is 3.00 bits per heavy atom. The highest BCUT2D eigenvalue weighted by Gasteiger charge is 2.24. The second kappa shape index (κ2) is 5.80. The molecular formula is C16H17Cl2NO. The van der Waals surface area contributed by atoms with Crippen molar-refractivity contribution in [1.29, 1.82) is 0 Å². The van der Waals surface area contributed by atoms with E-state index in [1.54, 1.807) is 6.26 Å². The fourth-order valence-corrected chi connectivity index (χ4v) is 3.38. The summed E-state index contributed by atoms with van der Waals surface area (Å²) in [5.74, 6) is 1.11. The lowest BCUT2D eigenvalue weighted by atomic mass is 9.92. The van der Waals surface area contributed by atoms with Crippen molar-refractivity contribution in [3.8, 4) is 0 Å². The third kappa shape index (κ3) is 2.60. The van der Waals surface area contributed by atoms with Crippen LogP contribution in [0.25, 0.3) is 0 Å². The molecule has 0 fully saturated rings. The van der Waals surface area contributed by atoms with Gasteiger partial charge in [0.2, 0.25) is 0 Å². The normalized spacial score (nSPS) is 19.6. The summed E-state index contributed by atoms with van der Waals surface area (Å²) in [7, 11) is 0. The lowest BCUT2D eigenvalue weighted by Crippen LogP contribution is -2.27. The summed E-state index contributed by atoms with van der Waals surface area (Å²) in [5, 5.41) is 4.88. The lowest BCUT2D eigenvalue weighted by molar-refractivity contribution is 0.386. The van der Waals surface area contributed by atoms with Gasteiger partial charge in [0, 0.05) is 24.1 Å². The minimum atomic E-state index is 0.145. The quantitative estimate of drug-likeness (QED) is 0.830. The maximum Gasteiger partial charge on any atom is 0.108 e. The second-order valence-corrected chi connectivity index (χ2v) is 6.06. The Morgan fingerprint density at radius 1 is 1.30 bits per heavy atom. The highest BCUT2D eigenvalue weighted by atomic mass is 35.5. The summed E-state index contributed by atoms with van der Waals surface area (Å²) < 4.78 is 5.53. The van der Waals surface area contributed by atoms with Crippen LogP contribution in [0.3, 0.4) is 0 Å². The molecule has 2 aromatic rings. The number of halogens is 2. The number of rotatable bonds is 3. The van der Waals surface area contributed by atoms with E-state index < -0.39 is 0 Å². The SMILES string of the molecule is CC(NC1CCCc2occc21)c1cccc(Cl)c1Cl. The van der Waals surface area contributed by atoms with E-state index in [9.17, 15) is 0 Å². The first-order valence-corrected chi connectivity index (χ1v) is 7.68. The van der Waals surface area contributed by atoms with Crippen LogP contribution in [0.4, 0.5) is 0 Å². The molecule has 2 nitrogen and oxygen atoms in total. The zero-order chi connectivity index (χ0) is 14.1. The minimum Gasteiger partial charge on any atom is -0.469 e. The van der Waals surface area contributed by atoms with Crippen LogP contribution in [0.1, 0.15) is 48.7 Å². The Bertz CT molecular complexity index is 608. The highest BCUT2D eigenvalue weighted by molar-refractivity contribution is 6.42. The fourth-order valence-electron chi connectivity index (χ4n) is 2.91. The largest absolute Gasteiger partial charge is 0.469 e. The Labute approximate surface area is 129 Å². The average molecular weight is 310 g/mol. The molecule has 4 heteroatoms. The van der Waals surface area contributed by atoms with Crippen LogP contribution in [0.5, 0.6) is 0 Å². The van der Waals surface area contributed by atoms with Crippen molar-refractivity contribution in [2.45, 2.75) is 38.3 Å². The molecule has 1 aromatic heterocycles. The van der Waals surface area contributed by atoms with Gasteiger partial charge in [0.05, 0.1) is 16.3 Å². The van der Waals surface area contributed by atoms with Gasteiger partial charge in [-0.3, -0.25) is 0 Å². The van der Waals surface area contributed by atoms with Crippen molar-refractivity contribution in [1.82, 2.24) is 5.32 Å². The number of furan rings is 1. The standard InChI is InChI=1S/C16H17Cl2NO/c1-10(11-4-2-5-13(17)16(11)18)19-14-6-3-7-15-12(14)8-9-20-15/h2,4-5,8-10,14,19H,3,6-7H2,1H3. The molecule has 0 amide bonds. The molecule has 0 aliphatic heterocycles. The Balaban J connectivity index is 1.81. The van der Waals surface area contributed by atoms with Gasteiger partial charge in [0.25, 0.3) is 0 Å². The third-order valence-electron chi connectivity index (χ3n) is 3.95. The molecule has 1 aliphatic rings. The molecule has 0 bridgehead atoms. The molecule has 106 valence electrons. The van der Waals surface area contributed by atoms with E-state index >= 15 is 0 Å². The summed E-state index contributed by atoms with van der Waals surface area (Å²) in [6.45, 7) is 2.12. The van der Waals surface area contributed by atoms with E-state index in [0.29, 0.717) is 16.1 Å². The summed E-state index contributed by atoms with van der Waals surface area (Å²) >= 11 is 12.4. The van der Waals surface area contributed by atoms with Crippen LogP contribution in [0.2, 0.25) is 10.0 Å². The molecule has 0 saturated heterocycles. The summed E-state index contributed by atoms with van der Waals surface area (Å²) in [6, 6.07) is 8.30. The second-order valence-electron chi connectivity index (χ2n) is 5.28. The molecule has 0 saturated carbocycles. The van der Waals surface area contributed by atoms with E-state index in [1.165, 1.54) is 5.56 Å². The first-order chi connectivity index (χ1) is 9.66. The van der Waals surface area contributed by atoms with Crippen molar-refractivity contribution in [2.24, 2.45) is 0 Å². The molecule has 1 aliphatic carbocycles. The Morgan fingerprint density at radius 2 is 2.15 bits per heavy atom. The number of hydrogen-bond acceptors (Lipinski definition) is 2. The van der Waals surface area contributed by atoms with Crippen LogP contribution >= 0.6 is 23.2 Å². The molecule has 2 unspecified atom stereocenters. The Kier molecular flexibility index (Phi) is 4.06. The lowest BCUT2D eigenvalue weighted by Gasteiger charge is -2.27. The van der Waals surface area contributed by atoms with E-state index in [1.807, 2.05) is 18.2 Å². The first-order valence-electron chi connectivity index (χ1n) is 6.93. The average Bonchev–Trinajstić information content (AvgIpc) is 2.91. The maximum atomic E-state index is 6.29. The minimum absolute atomic E-state index is 0.145. The number of fused-ring (bicyclic) bond motifs is 1. The van der Waals surface area contributed by atoms with Crippen LogP contribution in [0, 0.1) is 0 Å². The number of benzene rings is 1. The molecule has 1 heterocycles. The van der Waals surface area contributed by atoms with E-state index in [4.69, 9.17) is 27.6 Å². The number of aryl methyl sites for hydroxylation is 1. The molecule has 2 atom stereocenters. The number of hydrogen-bond donors (Lipinski definition) is 1. The van der Waals surface area contributed by atoms with Crippen molar-refractivity contribution in [2.75, 3.05) is 0 Å². The van der Waals surface area contributed by atoms with Crippen molar-refractivity contribution < 1.29 is 4.42 Å². The van der Waals surface area contributed by atoms with E-state index in [0.717, 1.165) is 30.6 Å². The van der Waals surface area contributed by atoms with Gasteiger partial charge in [0.1, 0.15) is 5.76 Å². The Hall–Kier alpha value is -0.960. The summed E-state index contributed by atoms with van der Waals surface area (Å²) in [5.41, 5.74) is 2.32. The zero-order valence-corrected chi connectivity index (χ0v) is 12.8. The topological polar surface area (TPSA) is 25.2 Å². The predicted molar refractivity (Wildman–Crippen MR) is 82.4 cm³/mol. The van der Waals surface area contributed by atoms with Crippen molar-refractivity contribution in [3.63, 3.8) is 0 Å². The maximum absolute atomic E-state index is 6.29. The third-order valence-corrected chi connectivity index (χ3v) is 4.78. The van der Waals surface area contributed by atoms with Gasteiger partial charge in [-0.05, 0) is 37.5 Å². The smallest absolute Gasteiger partial charge is 0.108 e. The number of nitrogens with one attached hydrogen (secondary N) is 1. The summed E-state index contributed by atoms with van der Waals surface area (Å²) in [4.78, 5) is 0. The van der Waals surface area contributed by atoms with Crippen molar-refractivity contribution in [3.05, 3.63) is 57.5 Å². The van der Waals surface area contributed by atoms with Crippen LogP contribution in [-0.2, 0) is 6.42 Å². The molecular weight excluding hydrogens is 293 g/mol. The molecule has 0 radical (unpaired) electrons. The van der Waals surface area contributed by atoms with Gasteiger partial charge in [-0.1, -0.05) is 35.3 Å². The van der Waals surface area contributed by atoms with E-state index in [-0.39, 0.29) is 6.04 Å². The van der Waals surface area contributed by atoms with Gasteiger partial charge in [-0.15, -0.1) is 0 Å². The predicted octanol–water partition coefficient (Wildman–Crippen LogP) is 5.31. The molecule has 3 rings (SSSR count). The fraction of sp³-hybridized carbons (Fsp3) is 0.375. The van der Waals surface area contributed by atoms with Gasteiger partial charge < -0.3 is 9.73 Å². The van der Waals surface area contributed by atoms with Crippen LogP contribution in [-0.4, -0.2) is 0 Å².